The predicted octanol–water partition coefficient (Wildman–Crippen LogP) is -0.111. The van der Waals surface area contributed by atoms with Crippen molar-refractivity contribution in [3.63, 3.8) is 0 Å². The van der Waals surface area contributed by atoms with Crippen LogP contribution in [-0.4, -0.2) is 50.8 Å². The highest BCUT2D eigenvalue weighted by molar-refractivity contribution is 5.81. The zero-order chi connectivity index (χ0) is 21.1. The number of nitrogens with one attached hydrogen (secondary N) is 1. The third-order valence-electron chi connectivity index (χ3n) is 4.46. The van der Waals surface area contributed by atoms with E-state index in [9.17, 15) is 14.7 Å². The standard InChI is InChI=1S/C18H22N6O5/c1-22-15-14(16(26)23(2)18(22)27)24(7-8-25)17(20-15)21-19-10-11-5-6-12(28-3)13(9-11)29-4/h5-6,9-10,25H,7-8H2,1-4H3,(H,20,21). The van der Waals surface area contributed by atoms with Gasteiger partial charge in [0.1, 0.15) is 0 Å². The number of aliphatic hydroxyl groups is 1. The van der Waals surface area contributed by atoms with Gasteiger partial charge in [-0.25, -0.2) is 10.2 Å². The summed E-state index contributed by atoms with van der Waals surface area (Å²) < 4.78 is 14.2. The maximum absolute atomic E-state index is 12.6. The predicted molar refractivity (Wildman–Crippen MR) is 108 cm³/mol. The number of aliphatic hydroxyl groups excluding tert-OH is 1. The van der Waals surface area contributed by atoms with E-state index in [1.807, 2.05) is 0 Å². The number of hydrogen-bond acceptors (Lipinski definition) is 8. The van der Waals surface area contributed by atoms with Gasteiger partial charge in [-0.05, 0) is 23.8 Å². The van der Waals surface area contributed by atoms with Gasteiger partial charge in [0.2, 0.25) is 5.95 Å². The van der Waals surface area contributed by atoms with Crippen molar-refractivity contribution >= 4 is 23.3 Å². The second kappa shape index (κ2) is 8.19. The van der Waals surface area contributed by atoms with Gasteiger partial charge in [-0.2, -0.15) is 10.1 Å². The molecule has 0 unspecified atom stereocenters. The molecule has 0 bridgehead atoms. The van der Waals surface area contributed by atoms with E-state index < -0.39 is 11.2 Å². The Morgan fingerprint density at radius 3 is 2.55 bits per heavy atom. The van der Waals surface area contributed by atoms with Crippen molar-refractivity contribution < 1.29 is 14.6 Å². The SMILES string of the molecule is COc1ccc(C=NNc2nc3c(c(=O)n(C)c(=O)n3C)n2CCO)cc1OC. The number of ether oxygens (including phenoxy) is 2. The minimum atomic E-state index is -0.499. The van der Waals surface area contributed by atoms with Crippen LogP contribution in [0.15, 0.2) is 32.9 Å². The van der Waals surface area contributed by atoms with Gasteiger partial charge >= 0.3 is 5.69 Å². The second-order valence-electron chi connectivity index (χ2n) is 6.17. The minimum absolute atomic E-state index is 0.109. The van der Waals surface area contributed by atoms with Gasteiger partial charge in [-0.15, -0.1) is 0 Å². The molecule has 3 rings (SSSR count). The van der Waals surface area contributed by atoms with E-state index in [1.54, 1.807) is 38.6 Å². The molecule has 0 atom stereocenters. The van der Waals surface area contributed by atoms with Gasteiger partial charge in [0, 0.05) is 20.6 Å². The normalized spacial score (nSPS) is 11.3. The van der Waals surface area contributed by atoms with Gasteiger partial charge in [-0.1, -0.05) is 0 Å². The highest BCUT2D eigenvalue weighted by Gasteiger charge is 2.18. The molecule has 1 aromatic carbocycles. The van der Waals surface area contributed by atoms with E-state index >= 15 is 0 Å². The number of aryl methyl sites for hydroxylation is 1. The lowest BCUT2D eigenvalue weighted by Crippen LogP contribution is -2.37. The van der Waals surface area contributed by atoms with Crippen LogP contribution < -0.4 is 26.1 Å². The zero-order valence-corrected chi connectivity index (χ0v) is 16.5. The van der Waals surface area contributed by atoms with Crippen LogP contribution >= 0.6 is 0 Å². The van der Waals surface area contributed by atoms with Gasteiger partial charge in [-0.3, -0.25) is 13.9 Å². The van der Waals surface area contributed by atoms with Gasteiger partial charge in [0.15, 0.2) is 22.7 Å². The molecule has 154 valence electrons. The first kappa shape index (κ1) is 20.1. The molecule has 29 heavy (non-hydrogen) atoms. The van der Waals surface area contributed by atoms with Crippen LogP contribution in [0.5, 0.6) is 11.5 Å². The van der Waals surface area contributed by atoms with Crippen LogP contribution in [0.25, 0.3) is 11.2 Å². The molecule has 11 nitrogen and oxygen atoms in total. The van der Waals surface area contributed by atoms with Crippen molar-refractivity contribution in [2.24, 2.45) is 19.2 Å². The Kier molecular flexibility index (Phi) is 5.69. The number of fused-ring (bicyclic) bond motifs is 1. The van der Waals surface area contributed by atoms with Crippen molar-refractivity contribution in [3.05, 3.63) is 44.6 Å². The van der Waals surface area contributed by atoms with Gasteiger partial charge in [0.25, 0.3) is 5.56 Å². The third kappa shape index (κ3) is 3.59. The molecule has 0 amide bonds. The fourth-order valence-electron chi connectivity index (χ4n) is 2.95. The number of methoxy groups -OCH3 is 2. The fourth-order valence-corrected chi connectivity index (χ4v) is 2.95. The lowest BCUT2D eigenvalue weighted by molar-refractivity contribution is 0.278. The first-order chi connectivity index (χ1) is 13.9. The van der Waals surface area contributed by atoms with Crippen LogP contribution in [0.1, 0.15) is 5.56 Å². The Balaban J connectivity index is 2.00. The van der Waals surface area contributed by atoms with Crippen LogP contribution in [-0.2, 0) is 20.6 Å². The number of aromatic nitrogens is 4. The molecule has 2 aromatic heterocycles. The van der Waals surface area contributed by atoms with Crippen molar-refractivity contribution in [2.75, 3.05) is 26.3 Å². The van der Waals surface area contributed by atoms with Crippen molar-refractivity contribution in [2.45, 2.75) is 6.54 Å². The number of nitrogens with zero attached hydrogens (tertiary/aromatic N) is 5. The van der Waals surface area contributed by atoms with E-state index in [1.165, 1.54) is 23.2 Å². The highest BCUT2D eigenvalue weighted by atomic mass is 16.5. The van der Waals surface area contributed by atoms with Gasteiger partial charge in [0.05, 0.1) is 27.0 Å². The summed E-state index contributed by atoms with van der Waals surface area (Å²) in [6.45, 7) is -0.107. The van der Waals surface area contributed by atoms with Crippen molar-refractivity contribution in [1.82, 2.24) is 18.7 Å². The Morgan fingerprint density at radius 2 is 1.90 bits per heavy atom. The summed E-state index contributed by atoms with van der Waals surface area (Å²) in [6.07, 6.45) is 1.54. The Bertz CT molecular complexity index is 1190. The van der Waals surface area contributed by atoms with Crippen LogP contribution in [0, 0.1) is 0 Å². The maximum atomic E-state index is 12.6. The first-order valence-electron chi connectivity index (χ1n) is 8.71. The molecule has 0 aliphatic heterocycles. The third-order valence-corrected chi connectivity index (χ3v) is 4.46. The number of rotatable bonds is 7. The summed E-state index contributed by atoms with van der Waals surface area (Å²) in [5.74, 6) is 1.38. The average Bonchev–Trinajstić information content (AvgIpc) is 3.09. The molecule has 2 heterocycles. The summed E-state index contributed by atoms with van der Waals surface area (Å²) in [6, 6.07) is 5.30. The lowest BCUT2D eigenvalue weighted by Gasteiger charge is -2.08. The topological polar surface area (TPSA) is 125 Å². The largest absolute Gasteiger partial charge is 0.493 e. The quantitative estimate of drug-likeness (QED) is 0.417. The minimum Gasteiger partial charge on any atom is -0.493 e. The number of hydrogen-bond donors (Lipinski definition) is 2. The molecule has 2 N–H and O–H groups in total. The summed E-state index contributed by atoms with van der Waals surface area (Å²) >= 11 is 0. The molecule has 0 spiro atoms. The van der Waals surface area contributed by atoms with Crippen LogP contribution in [0.4, 0.5) is 5.95 Å². The average molecular weight is 402 g/mol. The lowest BCUT2D eigenvalue weighted by atomic mass is 10.2. The van der Waals surface area contributed by atoms with Crippen molar-refractivity contribution in [1.29, 1.82) is 0 Å². The molecule has 0 fully saturated rings. The molecule has 3 aromatic rings. The maximum Gasteiger partial charge on any atom is 0.332 e. The van der Waals surface area contributed by atoms with E-state index in [0.29, 0.717) is 11.5 Å². The summed E-state index contributed by atoms with van der Waals surface area (Å²) in [5.41, 5.74) is 2.93. The Labute approximate surface area is 165 Å². The smallest absolute Gasteiger partial charge is 0.332 e. The molecule has 0 radical (unpaired) electrons. The molecule has 11 heteroatoms. The molecule has 0 saturated heterocycles. The zero-order valence-electron chi connectivity index (χ0n) is 16.5. The summed E-state index contributed by atoms with van der Waals surface area (Å²) in [4.78, 5) is 29.0. The second-order valence-corrected chi connectivity index (χ2v) is 6.17. The Morgan fingerprint density at radius 1 is 1.17 bits per heavy atom. The number of anilines is 1. The Hall–Kier alpha value is -3.60. The van der Waals surface area contributed by atoms with E-state index in [4.69, 9.17) is 9.47 Å². The van der Waals surface area contributed by atoms with Gasteiger partial charge < -0.3 is 19.1 Å². The number of benzene rings is 1. The summed E-state index contributed by atoms with van der Waals surface area (Å²) in [5, 5.41) is 13.6. The summed E-state index contributed by atoms with van der Waals surface area (Å²) in [7, 11) is 6.01. The fraction of sp³-hybridized carbons (Fsp3) is 0.333. The molecule has 0 saturated carbocycles. The molecule has 0 aliphatic carbocycles. The molecular formula is C18H22N6O5. The van der Waals surface area contributed by atoms with Crippen molar-refractivity contribution in [3.8, 4) is 11.5 Å². The first-order valence-corrected chi connectivity index (χ1v) is 8.71. The molecular weight excluding hydrogens is 380 g/mol. The monoisotopic (exact) mass is 402 g/mol. The highest BCUT2D eigenvalue weighted by Crippen LogP contribution is 2.26. The number of hydrazone groups is 1. The van der Waals surface area contributed by atoms with E-state index in [-0.39, 0.29) is 30.3 Å². The van der Waals surface area contributed by atoms with E-state index in [2.05, 4.69) is 15.5 Å². The number of imidazole rings is 1. The van der Waals surface area contributed by atoms with E-state index in [0.717, 1.165) is 10.1 Å². The van der Waals surface area contributed by atoms with Crippen LogP contribution in [0.3, 0.4) is 0 Å². The van der Waals surface area contributed by atoms with Crippen LogP contribution in [0.2, 0.25) is 0 Å². The molecule has 0 aliphatic rings.